The van der Waals surface area contributed by atoms with Crippen molar-refractivity contribution < 1.29 is 5.11 Å². The molecule has 0 aliphatic carbocycles. The van der Waals surface area contributed by atoms with E-state index in [1.807, 2.05) is 36.5 Å². The van der Waals surface area contributed by atoms with Gasteiger partial charge >= 0.3 is 0 Å². The summed E-state index contributed by atoms with van der Waals surface area (Å²) in [6.07, 6.45) is 1.92. The molecule has 1 N–H and O–H groups in total. The zero-order valence-corrected chi connectivity index (χ0v) is 33.5. The van der Waals surface area contributed by atoms with Crippen LogP contribution in [0.5, 0.6) is 5.75 Å². The van der Waals surface area contributed by atoms with E-state index < -0.39 is 0 Å². The number of rotatable bonds is 7. The molecule has 7 rings (SSSR count). The Bertz CT molecular complexity index is 2450. The van der Waals surface area contributed by atoms with Gasteiger partial charge in [0.05, 0.1) is 28.0 Å². The Morgan fingerprint density at radius 1 is 0.556 bits per heavy atom. The van der Waals surface area contributed by atoms with Gasteiger partial charge in [0, 0.05) is 17.3 Å². The fourth-order valence-corrected chi connectivity index (χ4v) is 7.43. The number of phenolic OH excluding ortho intramolecular Hbond substituents is 1. The second-order valence-corrected chi connectivity index (χ2v) is 17.4. The van der Waals surface area contributed by atoms with Gasteiger partial charge in [0.15, 0.2) is 0 Å². The van der Waals surface area contributed by atoms with Crippen LogP contribution < -0.4 is 0 Å². The van der Waals surface area contributed by atoms with Gasteiger partial charge in [-0.25, -0.2) is 4.98 Å². The third kappa shape index (κ3) is 6.98. The summed E-state index contributed by atoms with van der Waals surface area (Å²) in [7, 11) is 0. The Kier molecular flexibility index (Phi) is 9.60. The first-order chi connectivity index (χ1) is 25.6. The predicted molar refractivity (Wildman–Crippen MR) is 228 cm³/mol. The normalized spacial score (nSPS) is 12.3. The van der Waals surface area contributed by atoms with Crippen LogP contribution in [0.2, 0.25) is 0 Å². The number of pyridine rings is 1. The monoisotopic (exact) mass is 711 g/mol. The molecular formula is C50H53N3O. The maximum absolute atomic E-state index is 11.7. The first-order valence-electron chi connectivity index (χ1n) is 19.3. The Labute approximate surface area is 321 Å². The quantitative estimate of drug-likeness (QED) is 0.179. The number of hydrogen-bond donors (Lipinski definition) is 1. The molecule has 4 nitrogen and oxygen atoms in total. The Balaban J connectivity index is 1.60. The number of nitrogens with zero attached hydrogens (tertiary/aromatic N) is 3. The van der Waals surface area contributed by atoms with Gasteiger partial charge < -0.3 is 5.11 Å². The van der Waals surface area contributed by atoms with Gasteiger partial charge in [-0.1, -0.05) is 142 Å². The lowest BCUT2D eigenvalue weighted by Crippen LogP contribution is -2.12. The summed E-state index contributed by atoms with van der Waals surface area (Å²) >= 11 is 0. The Morgan fingerprint density at radius 2 is 1.19 bits per heavy atom. The van der Waals surface area contributed by atoms with Gasteiger partial charge in [0.2, 0.25) is 0 Å². The molecule has 0 amide bonds. The first-order valence-corrected chi connectivity index (χ1v) is 19.3. The number of fused-ring (bicyclic) bond motifs is 1. The molecule has 0 aliphatic rings. The minimum atomic E-state index is -0.147. The number of imidazole rings is 1. The summed E-state index contributed by atoms with van der Waals surface area (Å²) in [5, 5.41) is 11.7. The fourth-order valence-electron chi connectivity index (χ4n) is 7.43. The molecule has 0 aliphatic heterocycles. The summed E-state index contributed by atoms with van der Waals surface area (Å²) in [5.41, 5.74) is 14.8. The fraction of sp³-hybridized carbons (Fsp3) is 0.280. The summed E-state index contributed by atoms with van der Waals surface area (Å²) in [6.45, 7) is 22.6. The summed E-state index contributed by atoms with van der Waals surface area (Å²) in [4.78, 5) is 10.4. The summed E-state index contributed by atoms with van der Waals surface area (Å²) < 4.78 is 2.35. The largest absolute Gasteiger partial charge is 0.507 e. The van der Waals surface area contributed by atoms with E-state index in [4.69, 9.17) is 9.97 Å². The molecule has 274 valence electrons. The lowest BCUT2D eigenvalue weighted by atomic mass is 9.84. The number of aromatic nitrogens is 3. The maximum atomic E-state index is 11.7. The molecule has 0 radical (unpaired) electrons. The van der Waals surface area contributed by atoms with Crippen molar-refractivity contribution in [2.45, 2.75) is 91.9 Å². The van der Waals surface area contributed by atoms with E-state index in [0.717, 1.165) is 56.1 Å². The SMILES string of the molecule is CC(C)c1cccc(C(C)C)c1-n1c(-c2cc(-c3ccccc3)ccc2O)nc2c(-c3cccc(-c4cc(C(C)(C)C)ccn4)c3)cc(C(C)(C)C)cc21. The topological polar surface area (TPSA) is 50.9 Å². The second kappa shape index (κ2) is 14.1. The number of para-hydroxylation sites is 1. The van der Waals surface area contributed by atoms with E-state index in [2.05, 4.69) is 159 Å². The molecule has 7 aromatic rings. The maximum Gasteiger partial charge on any atom is 0.149 e. The van der Waals surface area contributed by atoms with Gasteiger partial charge in [0.25, 0.3) is 0 Å². The number of phenols is 1. The highest BCUT2D eigenvalue weighted by atomic mass is 16.3. The zero-order valence-electron chi connectivity index (χ0n) is 33.5. The molecule has 54 heavy (non-hydrogen) atoms. The summed E-state index contributed by atoms with van der Waals surface area (Å²) in [5.74, 6) is 1.43. The van der Waals surface area contributed by atoms with Crippen LogP contribution >= 0.6 is 0 Å². The van der Waals surface area contributed by atoms with E-state index in [1.165, 1.54) is 22.3 Å². The van der Waals surface area contributed by atoms with Crippen molar-refractivity contribution in [2.75, 3.05) is 0 Å². The number of hydrogen-bond acceptors (Lipinski definition) is 3. The minimum Gasteiger partial charge on any atom is -0.507 e. The number of benzene rings is 5. The van der Waals surface area contributed by atoms with Crippen molar-refractivity contribution in [3.63, 3.8) is 0 Å². The molecule has 0 bridgehead atoms. The molecule has 0 saturated carbocycles. The van der Waals surface area contributed by atoms with Gasteiger partial charge in [-0.15, -0.1) is 0 Å². The highest BCUT2D eigenvalue weighted by Gasteiger charge is 2.27. The van der Waals surface area contributed by atoms with E-state index in [9.17, 15) is 5.11 Å². The van der Waals surface area contributed by atoms with E-state index in [-0.39, 0.29) is 28.4 Å². The number of aromatic hydroxyl groups is 1. The van der Waals surface area contributed by atoms with Crippen molar-refractivity contribution in [2.24, 2.45) is 0 Å². The zero-order chi connectivity index (χ0) is 38.5. The van der Waals surface area contributed by atoms with Crippen LogP contribution in [0.3, 0.4) is 0 Å². The molecule has 2 aromatic heterocycles. The second-order valence-electron chi connectivity index (χ2n) is 17.4. The molecule has 0 unspecified atom stereocenters. The standard InChI is InChI=1S/C50H53N3O/c1-31(2)39-20-15-21-40(32(3)4)47(39)53-44-30-38(50(8,9)10)28-41(35-18-14-19-36(26-35)43-29-37(24-25-51-43)49(5,6)7)46(44)52-48(53)42-27-34(22-23-45(42)54)33-16-12-11-13-17-33/h11-32,54H,1-10H3. The van der Waals surface area contributed by atoms with Crippen LogP contribution in [-0.2, 0) is 10.8 Å². The highest BCUT2D eigenvalue weighted by molar-refractivity contribution is 5.98. The smallest absolute Gasteiger partial charge is 0.149 e. The van der Waals surface area contributed by atoms with Gasteiger partial charge in [-0.3, -0.25) is 9.55 Å². The molecule has 0 saturated heterocycles. The van der Waals surface area contributed by atoms with Crippen molar-refractivity contribution >= 4 is 11.0 Å². The molecule has 5 aromatic carbocycles. The average Bonchev–Trinajstić information content (AvgIpc) is 3.53. The van der Waals surface area contributed by atoms with Gasteiger partial charge in [-0.2, -0.15) is 0 Å². The van der Waals surface area contributed by atoms with Crippen molar-refractivity contribution in [1.29, 1.82) is 0 Å². The third-order valence-corrected chi connectivity index (χ3v) is 10.6. The minimum absolute atomic E-state index is 0.0101. The molecular weight excluding hydrogens is 659 g/mol. The lowest BCUT2D eigenvalue weighted by Gasteiger charge is -2.24. The van der Waals surface area contributed by atoms with Crippen LogP contribution in [-0.4, -0.2) is 19.6 Å². The molecule has 0 spiro atoms. The Morgan fingerprint density at radius 3 is 1.83 bits per heavy atom. The van der Waals surface area contributed by atoms with Gasteiger partial charge in [-0.05, 0) is 104 Å². The van der Waals surface area contributed by atoms with Crippen molar-refractivity contribution in [3.05, 3.63) is 144 Å². The summed E-state index contributed by atoms with van der Waals surface area (Å²) in [6, 6.07) is 40.6. The highest BCUT2D eigenvalue weighted by Crippen LogP contribution is 2.44. The molecule has 0 fully saturated rings. The predicted octanol–water partition coefficient (Wildman–Crippen LogP) is 13.6. The van der Waals surface area contributed by atoms with Crippen molar-refractivity contribution in [3.8, 4) is 56.3 Å². The molecule has 2 heterocycles. The van der Waals surface area contributed by atoms with E-state index in [1.54, 1.807) is 0 Å². The molecule has 4 heteroatoms. The van der Waals surface area contributed by atoms with Crippen LogP contribution in [0.1, 0.15) is 103 Å². The first kappa shape index (κ1) is 36.9. The third-order valence-electron chi connectivity index (χ3n) is 10.6. The van der Waals surface area contributed by atoms with Crippen molar-refractivity contribution in [1.82, 2.24) is 14.5 Å². The van der Waals surface area contributed by atoms with E-state index in [0.29, 0.717) is 5.56 Å². The van der Waals surface area contributed by atoms with E-state index >= 15 is 0 Å². The molecule has 0 atom stereocenters. The van der Waals surface area contributed by atoms with Crippen LogP contribution in [0.4, 0.5) is 0 Å². The average molecular weight is 712 g/mol. The Hall–Kier alpha value is -5.48. The van der Waals surface area contributed by atoms with Crippen LogP contribution in [0.25, 0.3) is 61.6 Å². The van der Waals surface area contributed by atoms with Crippen LogP contribution in [0.15, 0.2) is 121 Å². The van der Waals surface area contributed by atoms with Gasteiger partial charge in [0.1, 0.15) is 11.6 Å². The lowest BCUT2D eigenvalue weighted by molar-refractivity contribution is 0.477. The van der Waals surface area contributed by atoms with Crippen LogP contribution in [0, 0.1) is 0 Å².